The number of hydrogen-bond donors (Lipinski definition) is 1. The Bertz CT molecular complexity index is 925. The number of methoxy groups -OCH3 is 2. The number of halogens is 1. The molecule has 28 heavy (non-hydrogen) atoms. The van der Waals surface area contributed by atoms with E-state index in [1.165, 1.54) is 22.2 Å². The predicted octanol–water partition coefficient (Wildman–Crippen LogP) is 4.43. The molecule has 1 aliphatic heterocycles. The molecule has 3 aromatic rings. The molecule has 0 unspecified atom stereocenters. The second-order valence-corrected chi connectivity index (χ2v) is 6.87. The van der Waals surface area contributed by atoms with Gasteiger partial charge in [-0.2, -0.15) is 0 Å². The van der Waals surface area contributed by atoms with Crippen LogP contribution in [0.25, 0.3) is 10.9 Å². The van der Waals surface area contributed by atoms with Gasteiger partial charge in [0.2, 0.25) is 0 Å². The van der Waals surface area contributed by atoms with Crippen molar-refractivity contribution in [2.75, 3.05) is 33.9 Å². The van der Waals surface area contributed by atoms with Crippen molar-refractivity contribution >= 4 is 23.3 Å². The Kier molecular flexibility index (Phi) is 6.70. The summed E-state index contributed by atoms with van der Waals surface area (Å²) in [5.74, 6) is 2.50. The number of benzene rings is 2. The number of aromatic nitrogens is 1. The number of H-pyrrole nitrogens is 1. The molecule has 1 aromatic heterocycles. The summed E-state index contributed by atoms with van der Waals surface area (Å²) in [4.78, 5) is 6.07. The topological polar surface area (TPSA) is 46.7 Å². The zero-order chi connectivity index (χ0) is 18.6. The minimum atomic E-state index is 0. The van der Waals surface area contributed by atoms with Gasteiger partial charge in [-0.15, -0.1) is 12.4 Å². The second-order valence-electron chi connectivity index (χ2n) is 6.87. The van der Waals surface area contributed by atoms with E-state index < -0.39 is 0 Å². The number of hydrogen-bond acceptors (Lipinski definition) is 4. The van der Waals surface area contributed by atoms with Gasteiger partial charge in [-0.25, -0.2) is 0 Å². The molecule has 2 heterocycles. The first-order valence-electron chi connectivity index (χ1n) is 9.44. The van der Waals surface area contributed by atoms with E-state index in [4.69, 9.17) is 14.2 Å². The van der Waals surface area contributed by atoms with Gasteiger partial charge in [-0.05, 0) is 42.3 Å². The smallest absolute Gasteiger partial charge is 0.161 e. The fourth-order valence-electron chi connectivity index (χ4n) is 3.78. The van der Waals surface area contributed by atoms with Crippen molar-refractivity contribution < 1.29 is 14.2 Å². The van der Waals surface area contributed by atoms with Crippen LogP contribution in [0.15, 0.2) is 42.5 Å². The van der Waals surface area contributed by atoms with Crippen LogP contribution in [0.2, 0.25) is 0 Å². The predicted molar refractivity (Wildman–Crippen MR) is 114 cm³/mol. The number of rotatable bonds is 7. The normalized spacial score (nSPS) is 13.6. The van der Waals surface area contributed by atoms with E-state index >= 15 is 0 Å². The number of para-hydroxylation sites is 2. The molecule has 2 aromatic carbocycles. The molecule has 0 spiro atoms. The molecule has 0 bridgehead atoms. The van der Waals surface area contributed by atoms with Crippen LogP contribution < -0.4 is 14.2 Å². The summed E-state index contributed by atoms with van der Waals surface area (Å²) < 4.78 is 16.6. The molecule has 5 nitrogen and oxygen atoms in total. The van der Waals surface area contributed by atoms with Gasteiger partial charge < -0.3 is 19.2 Å². The molecule has 0 aliphatic carbocycles. The van der Waals surface area contributed by atoms with Gasteiger partial charge >= 0.3 is 0 Å². The number of aromatic amines is 1. The Balaban J connectivity index is 0.00000225. The molecule has 0 saturated heterocycles. The molecule has 1 N–H and O–H groups in total. The molecular weight excluding hydrogens is 376 g/mol. The van der Waals surface area contributed by atoms with Crippen LogP contribution in [-0.4, -0.2) is 43.8 Å². The van der Waals surface area contributed by atoms with E-state index in [1.54, 1.807) is 14.2 Å². The van der Waals surface area contributed by atoms with Crippen molar-refractivity contribution in [2.45, 2.75) is 19.4 Å². The Morgan fingerprint density at radius 1 is 1.04 bits per heavy atom. The lowest BCUT2D eigenvalue weighted by molar-refractivity contribution is 0.218. The number of nitrogens with one attached hydrogen (secondary N) is 1. The first-order chi connectivity index (χ1) is 13.3. The molecular formula is C22H27ClN2O3. The van der Waals surface area contributed by atoms with Gasteiger partial charge in [-0.1, -0.05) is 12.1 Å². The number of fused-ring (bicyclic) bond motifs is 3. The number of ether oxygens (including phenoxy) is 3. The van der Waals surface area contributed by atoms with Crippen molar-refractivity contribution in [3.8, 4) is 17.2 Å². The van der Waals surface area contributed by atoms with Gasteiger partial charge in [-0.3, -0.25) is 4.90 Å². The SMILES string of the molecule is COc1ccc2[nH]c3c(c2c1)CN(CCCOc1ccccc1OC)CC3.Cl. The highest BCUT2D eigenvalue weighted by Gasteiger charge is 2.20. The molecule has 4 rings (SSSR count). The standard InChI is InChI=1S/C22H26N2O3.ClH/c1-25-16-8-9-19-17(14-16)18-15-24(12-10-20(18)23-19)11-5-13-27-22-7-4-3-6-21(22)26-2;/h3-4,6-9,14,23H,5,10-13,15H2,1-2H3;1H. The van der Waals surface area contributed by atoms with Crippen LogP contribution in [0.5, 0.6) is 17.2 Å². The minimum absolute atomic E-state index is 0. The largest absolute Gasteiger partial charge is 0.497 e. The third-order valence-electron chi connectivity index (χ3n) is 5.21. The summed E-state index contributed by atoms with van der Waals surface area (Å²) in [5.41, 5.74) is 3.96. The van der Waals surface area contributed by atoms with E-state index in [0.29, 0.717) is 6.61 Å². The molecule has 0 amide bonds. The highest BCUT2D eigenvalue weighted by molar-refractivity contribution is 5.86. The average molecular weight is 403 g/mol. The van der Waals surface area contributed by atoms with Crippen LogP contribution in [0.4, 0.5) is 0 Å². The van der Waals surface area contributed by atoms with Crippen LogP contribution in [0.1, 0.15) is 17.7 Å². The Morgan fingerprint density at radius 2 is 1.86 bits per heavy atom. The molecule has 150 valence electrons. The average Bonchev–Trinajstić information content (AvgIpc) is 3.08. The monoisotopic (exact) mass is 402 g/mol. The highest BCUT2D eigenvalue weighted by atomic mass is 35.5. The van der Waals surface area contributed by atoms with Crippen LogP contribution in [0.3, 0.4) is 0 Å². The lowest BCUT2D eigenvalue weighted by Crippen LogP contribution is -2.31. The molecule has 0 radical (unpaired) electrons. The van der Waals surface area contributed by atoms with E-state index in [1.807, 2.05) is 30.3 Å². The first-order valence-corrected chi connectivity index (χ1v) is 9.44. The zero-order valence-electron chi connectivity index (χ0n) is 16.4. The van der Waals surface area contributed by atoms with E-state index in [-0.39, 0.29) is 12.4 Å². The van der Waals surface area contributed by atoms with Crippen molar-refractivity contribution in [3.05, 3.63) is 53.7 Å². The van der Waals surface area contributed by atoms with Gasteiger partial charge in [0, 0.05) is 42.7 Å². The molecule has 1 aliphatic rings. The van der Waals surface area contributed by atoms with E-state index in [9.17, 15) is 0 Å². The Hall–Kier alpha value is -2.37. The lowest BCUT2D eigenvalue weighted by Gasteiger charge is -2.27. The van der Waals surface area contributed by atoms with E-state index in [2.05, 4.69) is 22.0 Å². The van der Waals surface area contributed by atoms with Crippen LogP contribution >= 0.6 is 12.4 Å². The maximum atomic E-state index is 5.90. The van der Waals surface area contributed by atoms with Crippen LogP contribution in [0, 0.1) is 0 Å². The number of nitrogens with zero attached hydrogens (tertiary/aromatic N) is 1. The quantitative estimate of drug-likeness (QED) is 0.594. The summed E-state index contributed by atoms with van der Waals surface area (Å²) in [7, 11) is 3.39. The third kappa shape index (κ3) is 4.21. The minimum Gasteiger partial charge on any atom is -0.497 e. The highest BCUT2D eigenvalue weighted by Crippen LogP contribution is 2.30. The summed E-state index contributed by atoms with van der Waals surface area (Å²) >= 11 is 0. The van der Waals surface area contributed by atoms with Crippen molar-refractivity contribution in [1.82, 2.24) is 9.88 Å². The van der Waals surface area contributed by atoms with Gasteiger partial charge in [0.15, 0.2) is 11.5 Å². The fourth-order valence-corrected chi connectivity index (χ4v) is 3.78. The van der Waals surface area contributed by atoms with Gasteiger partial charge in [0.25, 0.3) is 0 Å². The van der Waals surface area contributed by atoms with E-state index in [0.717, 1.165) is 49.7 Å². The van der Waals surface area contributed by atoms with Crippen molar-refractivity contribution in [3.63, 3.8) is 0 Å². The molecule has 0 saturated carbocycles. The molecule has 6 heteroatoms. The maximum Gasteiger partial charge on any atom is 0.161 e. The first kappa shape index (κ1) is 20.4. The maximum absolute atomic E-state index is 5.90. The summed E-state index contributed by atoms with van der Waals surface area (Å²) in [6.07, 6.45) is 2.04. The third-order valence-corrected chi connectivity index (χ3v) is 5.21. The summed E-state index contributed by atoms with van der Waals surface area (Å²) in [6.45, 7) is 3.75. The zero-order valence-corrected chi connectivity index (χ0v) is 17.2. The summed E-state index contributed by atoms with van der Waals surface area (Å²) in [6, 6.07) is 14.1. The Morgan fingerprint density at radius 3 is 2.64 bits per heavy atom. The summed E-state index contributed by atoms with van der Waals surface area (Å²) in [5, 5.41) is 1.28. The fraction of sp³-hybridized carbons (Fsp3) is 0.364. The van der Waals surface area contributed by atoms with Gasteiger partial charge in [0.05, 0.1) is 20.8 Å². The second kappa shape index (κ2) is 9.22. The molecule has 0 atom stereocenters. The van der Waals surface area contributed by atoms with Crippen LogP contribution in [-0.2, 0) is 13.0 Å². The van der Waals surface area contributed by atoms with Crippen molar-refractivity contribution in [1.29, 1.82) is 0 Å². The van der Waals surface area contributed by atoms with Crippen molar-refractivity contribution in [2.24, 2.45) is 0 Å². The lowest BCUT2D eigenvalue weighted by atomic mass is 10.0. The van der Waals surface area contributed by atoms with Gasteiger partial charge in [0.1, 0.15) is 5.75 Å². The molecule has 0 fully saturated rings. The Labute approximate surface area is 172 Å².